The van der Waals surface area contributed by atoms with E-state index >= 15 is 0 Å². The van der Waals surface area contributed by atoms with Gasteiger partial charge in [-0.3, -0.25) is 0 Å². The molecule has 1 aromatic rings. The number of benzene rings is 1. The van der Waals surface area contributed by atoms with Crippen LogP contribution in [0.2, 0.25) is 0 Å². The molecule has 21 heavy (non-hydrogen) atoms. The first-order chi connectivity index (χ1) is 9.90. The second kappa shape index (κ2) is 6.59. The van der Waals surface area contributed by atoms with Gasteiger partial charge < -0.3 is 0 Å². The van der Waals surface area contributed by atoms with E-state index in [4.69, 9.17) is 5.26 Å². The minimum atomic E-state index is -3.47. The van der Waals surface area contributed by atoms with Gasteiger partial charge in [0.15, 0.2) is 0 Å². The van der Waals surface area contributed by atoms with Gasteiger partial charge in [-0.05, 0) is 48.8 Å². The quantitative estimate of drug-likeness (QED) is 0.930. The van der Waals surface area contributed by atoms with E-state index in [0.717, 1.165) is 18.4 Å². The van der Waals surface area contributed by atoms with E-state index in [1.165, 1.54) is 6.42 Å². The van der Waals surface area contributed by atoms with Gasteiger partial charge in [-0.25, -0.2) is 13.1 Å². The Morgan fingerprint density at radius 1 is 1.14 bits per heavy atom. The van der Waals surface area contributed by atoms with Gasteiger partial charge in [-0.1, -0.05) is 26.0 Å². The van der Waals surface area contributed by atoms with Crippen LogP contribution < -0.4 is 4.72 Å². The van der Waals surface area contributed by atoms with Crippen LogP contribution in [0.3, 0.4) is 0 Å². The maximum atomic E-state index is 12.4. The normalized spacial score (nSPS) is 26.2. The number of nitrogens with one attached hydrogen (secondary N) is 1. The fraction of sp³-hybridized carbons (Fsp3) is 0.562. The molecule has 0 aliphatic heterocycles. The summed E-state index contributed by atoms with van der Waals surface area (Å²) in [5.74, 6) is 1.11. The summed E-state index contributed by atoms with van der Waals surface area (Å²) >= 11 is 0. The molecule has 2 rings (SSSR count). The van der Waals surface area contributed by atoms with Crippen LogP contribution >= 0.6 is 0 Å². The van der Waals surface area contributed by atoms with Crippen molar-refractivity contribution in [2.45, 2.75) is 50.5 Å². The van der Waals surface area contributed by atoms with Gasteiger partial charge in [0.05, 0.1) is 17.4 Å². The average Bonchev–Trinajstić information content (AvgIpc) is 2.38. The zero-order chi connectivity index (χ0) is 15.5. The molecular weight excluding hydrogens is 284 g/mol. The number of hydrogen-bond donors (Lipinski definition) is 1. The Bertz CT molecular complexity index is 607. The predicted octanol–water partition coefficient (Wildman–Crippen LogP) is 2.86. The van der Waals surface area contributed by atoms with Gasteiger partial charge in [0.1, 0.15) is 0 Å². The van der Waals surface area contributed by atoms with Gasteiger partial charge in [-0.2, -0.15) is 5.26 Å². The molecule has 1 saturated carbocycles. The average molecular weight is 306 g/mol. The van der Waals surface area contributed by atoms with Crippen molar-refractivity contribution < 1.29 is 8.42 Å². The van der Waals surface area contributed by atoms with Crippen molar-refractivity contribution in [2.75, 3.05) is 0 Å². The summed E-state index contributed by atoms with van der Waals surface area (Å²) < 4.78 is 27.6. The number of nitriles is 1. The van der Waals surface area contributed by atoms with Gasteiger partial charge >= 0.3 is 0 Å². The fourth-order valence-electron chi connectivity index (χ4n) is 3.21. The lowest BCUT2D eigenvalue weighted by atomic mass is 9.81. The Hall–Kier alpha value is -1.38. The summed E-state index contributed by atoms with van der Waals surface area (Å²) in [6.07, 6.45) is 3.26. The fourth-order valence-corrected chi connectivity index (χ4v) is 4.47. The highest BCUT2D eigenvalue weighted by Crippen LogP contribution is 2.29. The van der Waals surface area contributed by atoms with Gasteiger partial charge in [0.2, 0.25) is 10.0 Å². The summed E-state index contributed by atoms with van der Waals surface area (Å²) in [5, 5.41) is 8.63. The summed E-state index contributed by atoms with van der Waals surface area (Å²) in [6.45, 7) is 4.35. The highest BCUT2D eigenvalue weighted by molar-refractivity contribution is 7.89. The van der Waals surface area contributed by atoms with E-state index in [0.29, 0.717) is 18.3 Å². The highest BCUT2D eigenvalue weighted by Gasteiger charge is 2.27. The van der Waals surface area contributed by atoms with Crippen molar-refractivity contribution in [2.24, 2.45) is 11.8 Å². The largest absolute Gasteiger partial charge is 0.240 e. The highest BCUT2D eigenvalue weighted by atomic mass is 32.2. The Kier molecular flexibility index (Phi) is 5.02. The zero-order valence-electron chi connectivity index (χ0n) is 12.5. The molecule has 0 spiro atoms. The molecule has 4 nitrogen and oxygen atoms in total. The maximum Gasteiger partial charge on any atom is 0.240 e. The predicted molar refractivity (Wildman–Crippen MR) is 82.0 cm³/mol. The van der Waals surface area contributed by atoms with Crippen molar-refractivity contribution >= 4 is 10.0 Å². The van der Waals surface area contributed by atoms with Gasteiger partial charge in [-0.15, -0.1) is 0 Å². The number of rotatable bonds is 4. The molecular formula is C16H22N2O2S. The van der Waals surface area contributed by atoms with Gasteiger partial charge in [0, 0.05) is 6.04 Å². The number of sulfonamides is 1. The summed E-state index contributed by atoms with van der Waals surface area (Å²) in [5.41, 5.74) is 0.830. The van der Waals surface area contributed by atoms with Crippen LogP contribution in [0.15, 0.2) is 29.2 Å². The van der Waals surface area contributed by atoms with E-state index in [9.17, 15) is 8.42 Å². The molecule has 2 unspecified atom stereocenters. The molecule has 1 N–H and O–H groups in total. The monoisotopic (exact) mass is 306 g/mol. The number of nitrogens with zero attached hydrogens (tertiary/aromatic N) is 1. The third kappa shape index (κ3) is 4.29. The van der Waals surface area contributed by atoms with E-state index in [2.05, 4.69) is 24.6 Å². The van der Waals surface area contributed by atoms with Crippen molar-refractivity contribution in [3.05, 3.63) is 29.8 Å². The second-order valence-corrected chi connectivity index (χ2v) is 7.93. The van der Waals surface area contributed by atoms with Crippen molar-refractivity contribution in [1.29, 1.82) is 5.26 Å². The Morgan fingerprint density at radius 2 is 1.71 bits per heavy atom. The van der Waals surface area contributed by atoms with Crippen LogP contribution in [0, 0.1) is 23.2 Å². The maximum absolute atomic E-state index is 12.4. The second-order valence-electron chi connectivity index (χ2n) is 6.21. The van der Waals surface area contributed by atoms with Crippen molar-refractivity contribution in [3.63, 3.8) is 0 Å². The van der Waals surface area contributed by atoms with Crippen molar-refractivity contribution in [1.82, 2.24) is 4.72 Å². The molecule has 114 valence electrons. The van der Waals surface area contributed by atoms with Crippen LogP contribution in [0.1, 0.15) is 38.7 Å². The molecule has 0 bridgehead atoms. The first kappa shape index (κ1) is 16.0. The molecule has 0 aromatic heterocycles. The standard InChI is InChI=1S/C16H22N2O2S/c1-12-9-13(2)11-15(10-12)18-21(19,20)16-5-3-14(4-6-16)7-8-17/h3-6,12-13,15,18H,7,9-11H2,1-2H3. The molecule has 1 aliphatic rings. The molecule has 1 aromatic carbocycles. The summed E-state index contributed by atoms with van der Waals surface area (Å²) in [4.78, 5) is 0.273. The zero-order valence-corrected chi connectivity index (χ0v) is 13.4. The van der Waals surface area contributed by atoms with Crippen LogP contribution in [0.4, 0.5) is 0 Å². The summed E-state index contributed by atoms with van der Waals surface area (Å²) in [7, 11) is -3.47. The van der Waals surface area contributed by atoms with Crippen LogP contribution in [-0.2, 0) is 16.4 Å². The SMILES string of the molecule is CC1CC(C)CC(NS(=O)(=O)c2ccc(CC#N)cc2)C1. The lowest BCUT2D eigenvalue weighted by Gasteiger charge is -2.31. The van der Waals surface area contributed by atoms with E-state index in [1.54, 1.807) is 24.3 Å². The Labute approximate surface area is 127 Å². The van der Waals surface area contributed by atoms with Crippen LogP contribution in [-0.4, -0.2) is 14.5 Å². The third-order valence-electron chi connectivity index (χ3n) is 4.02. The minimum Gasteiger partial charge on any atom is -0.208 e. The van der Waals surface area contributed by atoms with Crippen LogP contribution in [0.25, 0.3) is 0 Å². The lowest BCUT2D eigenvalue weighted by Crippen LogP contribution is -2.39. The molecule has 5 heteroatoms. The molecule has 2 atom stereocenters. The molecule has 1 aliphatic carbocycles. The van der Waals surface area contributed by atoms with E-state index in [1.807, 2.05) is 0 Å². The lowest BCUT2D eigenvalue weighted by molar-refractivity contribution is 0.257. The first-order valence-electron chi connectivity index (χ1n) is 7.39. The Morgan fingerprint density at radius 3 is 2.24 bits per heavy atom. The molecule has 0 heterocycles. The Balaban J connectivity index is 2.09. The molecule has 0 amide bonds. The molecule has 0 radical (unpaired) electrons. The van der Waals surface area contributed by atoms with Crippen molar-refractivity contribution in [3.8, 4) is 6.07 Å². The van der Waals surface area contributed by atoms with Gasteiger partial charge in [0.25, 0.3) is 0 Å². The third-order valence-corrected chi connectivity index (χ3v) is 5.55. The molecule has 1 fully saturated rings. The number of hydrogen-bond acceptors (Lipinski definition) is 3. The topological polar surface area (TPSA) is 70.0 Å². The minimum absolute atomic E-state index is 0.0209. The molecule has 0 saturated heterocycles. The van der Waals surface area contributed by atoms with E-state index in [-0.39, 0.29) is 10.9 Å². The summed E-state index contributed by atoms with van der Waals surface area (Å²) in [6, 6.07) is 8.62. The van der Waals surface area contributed by atoms with E-state index < -0.39 is 10.0 Å². The first-order valence-corrected chi connectivity index (χ1v) is 8.87. The van der Waals surface area contributed by atoms with Crippen LogP contribution in [0.5, 0.6) is 0 Å². The smallest absolute Gasteiger partial charge is 0.208 e.